The minimum absolute atomic E-state index is 0.0112. The van der Waals surface area contributed by atoms with Crippen molar-refractivity contribution in [2.24, 2.45) is 0 Å². The zero-order chi connectivity index (χ0) is 13.5. The Morgan fingerprint density at radius 3 is 2.56 bits per heavy atom. The predicted octanol–water partition coefficient (Wildman–Crippen LogP) is 1.54. The van der Waals surface area contributed by atoms with Crippen LogP contribution in [0.3, 0.4) is 0 Å². The zero-order valence-corrected chi connectivity index (χ0v) is 8.77. The molecule has 18 heavy (non-hydrogen) atoms. The van der Waals surface area contributed by atoms with Gasteiger partial charge in [0.15, 0.2) is 5.69 Å². The molecule has 0 saturated carbocycles. The number of aromatic nitrogens is 2. The topological polar surface area (TPSA) is 74.8 Å². The summed E-state index contributed by atoms with van der Waals surface area (Å²) in [4.78, 5) is 14.3. The molecule has 0 radical (unpaired) electrons. The van der Waals surface area contributed by atoms with E-state index in [0.29, 0.717) is 0 Å². The van der Waals surface area contributed by atoms with Crippen LogP contribution in [-0.4, -0.2) is 25.6 Å². The Labute approximate surface area is 98.1 Å². The van der Waals surface area contributed by atoms with Gasteiger partial charge in [-0.05, 0) is 6.07 Å². The van der Waals surface area contributed by atoms with Gasteiger partial charge < -0.3 is 14.6 Å². The monoisotopic (exact) mass is 260 g/mol. The molecule has 0 aliphatic rings. The number of imidazole rings is 1. The molecule has 2 aromatic rings. The smallest absolute Gasteiger partial charge is 0.417 e. The van der Waals surface area contributed by atoms with Crippen molar-refractivity contribution in [3.63, 3.8) is 0 Å². The largest absolute Gasteiger partial charge is 0.476 e. The van der Waals surface area contributed by atoms with Crippen LogP contribution in [0.15, 0.2) is 18.5 Å². The summed E-state index contributed by atoms with van der Waals surface area (Å²) in [5.41, 5.74) is -1.46. The predicted molar refractivity (Wildman–Crippen MR) is 53.1 cm³/mol. The molecule has 0 bridgehead atoms. The molecule has 2 rings (SSSR count). The Hall–Kier alpha value is -2.09. The highest BCUT2D eigenvalue weighted by molar-refractivity contribution is 5.86. The van der Waals surface area contributed by atoms with Crippen molar-refractivity contribution in [1.82, 2.24) is 9.38 Å². The van der Waals surface area contributed by atoms with Crippen LogP contribution < -0.4 is 0 Å². The first kappa shape index (κ1) is 12.4. The average Bonchev–Trinajstić information content (AvgIpc) is 2.70. The molecule has 0 atom stereocenters. The number of halogens is 3. The van der Waals surface area contributed by atoms with Crippen LogP contribution in [0, 0.1) is 0 Å². The van der Waals surface area contributed by atoms with Gasteiger partial charge in [0.05, 0.1) is 12.2 Å². The molecule has 0 fully saturated rings. The summed E-state index contributed by atoms with van der Waals surface area (Å²) < 4.78 is 38.6. The molecule has 2 aromatic heterocycles. The normalized spacial score (nSPS) is 12.0. The fraction of sp³-hybridized carbons (Fsp3) is 0.200. The molecule has 0 aliphatic carbocycles. The number of nitrogens with zero attached hydrogens (tertiary/aromatic N) is 2. The molecule has 0 amide bonds. The van der Waals surface area contributed by atoms with Crippen molar-refractivity contribution in [2.45, 2.75) is 12.8 Å². The lowest BCUT2D eigenvalue weighted by molar-refractivity contribution is -0.137. The number of rotatable bonds is 2. The number of carboxylic acid groups (broad SMARTS) is 1. The second-order valence-corrected chi connectivity index (χ2v) is 3.57. The lowest BCUT2D eigenvalue weighted by Crippen LogP contribution is -2.08. The molecule has 8 heteroatoms. The van der Waals surface area contributed by atoms with E-state index in [1.807, 2.05) is 0 Å². The maximum atomic E-state index is 12.6. The molecule has 0 aromatic carbocycles. The summed E-state index contributed by atoms with van der Waals surface area (Å²) >= 11 is 0. The van der Waals surface area contributed by atoms with E-state index in [0.717, 1.165) is 22.9 Å². The standard InChI is InChI=1S/C10H7F3N2O3/c11-10(12,13)6-1-5(4-16)8-14-7(9(17)18)3-15(8)2-6/h1-3,16H,4H2,(H,17,18). The zero-order valence-electron chi connectivity index (χ0n) is 8.77. The summed E-state index contributed by atoms with van der Waals surface area (Å²) in [7, 11) is 0. The minimum Gasteiger partial charge on any atom is -0.476 e. The highest BCUT2D eigenvalue weighted by Crippen LogP contribution is 2.30. The summed E-state index contributed by atoms with van der Waals surface area (Å²) in [6.07, 6.45) is -2.88. The molecule has 0 aliphatic heterocycles. The van der Waals surface area contributed by atoms with Crippen LogP contribution >= 0.6 is 0 Å². The second-order valence-electron chi connectivity index (χ2n) is 3.57. The number of alkyl halides is 3. The minimum atomic E-state index is -4.58. The van der Waals surface area contributed by atoms with E-state index in [2.05, 4.69) is 4.98 Å². The number of aliphatic hydroxyl groups is 1. The van der Waals surface area contributed by atoms with Gasteiger partial charge in [0.2, 0.25) is 0 Å². The third-order valence-corrected chi connectivity index (χ3v) is 2.34. The Morgan fingerprint density at radius 2 is 2.06 bits per heavy atom. The van der Waals surface area contributed by atoms with E-state index in [4.69, 9.17) is 10.2 Å². The molecule has 0 saturated heterocycles. The number of pyridine rings is 1. The summed E-state index contributed by atoms with van der Waals surface area (Å²) in [6, 6.07) is 0.744. The van der Waals surface area contributed by atoms with Crippen LogP contribution in [0.5, 0.6) is 0 Å². The fourth-order valence-corrected chi connectivity index (χ4v) is 1.54. The number of hydrogen-bond donors (Lipinski definition) is 2. The number of aromatic carboxylic acids is 1. The molecule has 2 N–H and O–H groups in total. The van der Waals surface area contributed by atoms with Gasteiger partial charge in [-0.15, -0.1) is 0 Å². The van der Waals surface area contributed by atoms with E-state index in [1.54, 1.807) is 0 Å². The quantitative estimate of drug-likeness (QED) is 0.858. The fourth-order valence-electron chi connectivity index (χ4n) is 1.54. The third kappa shape index (κ3) is 2.02. The summed E-state index contributed by atoms with van der Waals surface area (Å²) in [6.45, 7) is -0.663. The molecule has 0 spiro atoms. The molecule has 96 valence electrons. The molecule has 5 nitrogen and oxygen atoms in total. The van der Waals surface area contributed by atoms with Crippen molar-refractivity contribution in [1.29, 1.82) is 0 Å². The molecular formula is C10H7F3N2O3. The maximum Gasteiger partial charge on any atom is 0.417 e. The van der Waals surface area contributed by atoms with E-state index in [9.17, 15) is 18.0 Å². The number of carbonyl (C=O) groups is 1. The SMILES string of the molecule is O=C(O)c1cn2cc(C(F)(F)F)cc(CO)c2n1. The van der Waals surface area contributed by atoms with E-state index >= 15 is 0 Å². The van der Waals surface area contributed by atoms with Gasteiger partial charge in [0, 0.05) is 18.0 Å². The van der Waals surface area contributed by atoms with Gasteiger partial charge >= 0.3 is 12.1 Å². The summed E-state index contributed by atoms with van der Waals surface area (Å²) in [5.74, 6) is -1.35. The number of aliphatic hydroxyl groups excluding tert-OH is 1. The number of hydrogen-bond acceptors (Lipinski definition) is 3. The number of carboxylic acids is 1. The first-order chi connectivity index (χ1) is 8.32. The van der Waals surface area contributed by atoms with Crippen LogP contribution in [-0.2, 0) is 12.8 Å². The first-order valence-electron chi connectivity index (χ1n) is 4.76. The lowest BCUT2D eigenvalue weighted by atomic mass is 10.2. The second kappa shape index (κ2) is 3.98. The lowest BCUT2D eigenvalue weighted by Gasteiger charge is -2.09. The van der Waals surface area contributed by atoms with Gasteiger partial charge in [-0.2, -0.15) is 13.2 Å². The van der Waals surface area contributed by atoms with Crippen molar-refractivity contribution in [3.8, 4) is 0 Å². The Morgan fingerprint density at radius 1 is 1.39 bits per heavy atom. The van der Waals surface area contributed by atoms with Crippen molar-refractivity contribution in [2.75, 3.05) is 0 Å². The Bertz CT molecular complexity index is 619. The number of fused-ring (bicyclic) bond motifs is 1. The van der Waals surface area contributed by atoms with Crippen LogP contribution in [0.25, 0.3) is 5.65 Å². The highest BCUT2D eigenvalue weighted by Gasteiger charge is 2.32. The molecule has 2 heterocycles. The highest BCUT2D eigenvalue weighted by atomic mass is 19.4. The van der Waals surface area contributed by atoms with Crippen molar-refractivity contribution in [3.05, 3.63) is 35.3 Å². The average molecular weight is 260 g/mol. The molecule has 0 unspecified atom stereocenters. The van der Waals surface area contributed by atoms with E-state index in [1.165, 1.54) is 0 Å². The maximum absolute atomic E-state index is 12.6. The van der Waals surface area contributed by atoms with Crippen LogP contribution in [0.4, 0.5) is 13.2 Å². The third-order valence-electron chi connectivity index (χ3n) is 2.34. The first-order valence-corrected chi connectivity index (χ1v) is 4.76. The van der Waals surface area contributed by atoms with Crippen molar-refractivity contribution >= 4 is 11.6 Å². The Balaban J connectivity index is 2.72. The van der Waals surface area contributed by atoms with Gasteiger partial charge in [-0.3, -0.25) is 0 Å². The van der Waals surface area contributed by atoms with E-state index in [-0.39, 0.29) is 16.9 Å². The van der Waals surface area contributed by atoms with Crippen LogP contribution in [0.2, 0.25) is 0 Å². The van der Waals surface area contributed by atoms with Crippen molar-refractivity contribution < 1.29 is 28.2 Å². The Kier molecular flexibility index (Phi) is 2.74. The van der Waals surface area contributed by atoms with Gasteiger partial charge in [0.25, 0.3) is 0 Å². The van der Waals surface area contributed by atoms with Gasteiger partial charge in [-0.1, -0.05) is 0 Å². The van der Waals surface area contributed by atoms with E-state index < -0.39 is 24.3 Å². The van der Waals surface area contributed by atoms with Crippen LogP contribution in [0.1, 0.15) is 21.6 Å². The van der Waals surface area contributed by atoms with Gasteiger partial charge in [-0.25, -0.2) is 9.78 Å². The molecular weight excluding hydrogens is 253 g/mol. The summed E-state index contributed by atoms with van der Waals surface area (Å²) in [5, 5.41) is 17.7. The van der Waals surface area contributed by atoms with Gasteiger partial charge in [0.1, 0.15) is 5.65 Å².